The van der Waals surface area contributed by atoms with E-state index < -0.39 is 40.2 Å². The summed E-state index contributed by atoms with van der Waals surface area (Å²) >= 11 is 0. The zero-order valence-corrected chi connectivity index (χ0v) is 12.3. The minimum absolute atomic E-state index is 0.153. The Kier molecular flexibility index (Phi) is 1.99. The van der Waals surface area contributed by atoms with Gasteiger partial charge in [0.1, 0.15) is 10.8 Å². The van der Waals surface area contributed by atoms with Crippen molar-refractivity contribution in [1.29, 1.82) is 0 Å². The van der Waals surface area contributed by atoms with Crippen molar-refractivity contribution in [2.24, 2.45) is 22.7 Å². The molecule has 3 fully saturated rings. The Hall–Kier alpha value is -1.69. The molecule has 0 radical (unpaired) electrons. The molecule has 6 heteroatoms. The van der Waals surface area contributed by atoms with E-state index in [0.717, 1.165) is 11.1 Å². The molecule has 2 saturated carbocycles. The Bertz CT molecular complexity index is 657. The molecule has 0 aromatic rings. The van der Waals surface area contributed by atoms with Gasteiger partial charge in [0.05, 0.1) is 26.7 Å². The van der Waals surface area contributed by atoms with Gasteiger partial charge in [0.25, 0.3) is 0 Å². The van der Waals surface area contributed by atoms with Gasteiger partial charge in [0, 0.05) is 5.92 Å². The number of methoxy groups -OCH3 is 2. The molecule has 0 aromatic heterocycles. The topological polar surface area (TPSA) is 82.2 Å². The zero-order chi connectivity index (χ0) is 15.4. The summed E-state index contributed by atoms with van der Waals surface area (Å²) in [6, 6.07) is 0. The van der Waals surface area contributed by atoms with Gasteiger partial charge in [-0.1, -0.05) is 11.1 Å². The minimum atomic E-state index is -1.18. The lowest BCUT2D eigenvalue weighted by atomic mass is 9.78. The summed E-state index contributed by atoms with van der Waals surface area (Å²) in [6.07, 6.45) is 0. The number of Topliss-reactive ketones (excluding diaryl/α,β-unsaturated/α-hetero) is 1. The fourth-order valence-corrected chi connectivity index (χ4v) is 5.35. The Morgan fingerprint density at radius 2 is 1.71 bits per heavy atom. The molecular weight excluding hydrogens is 276 g/mol. The van der Waals surface area contributed by atoms with Crippen LogP contribution >= 0.6 is 0 Å². The second-order valence-corrected chi connectivity index (χ2v) is 6.38. The molecule has 4 rings (SSSR count). The van der Waals surface area contributed by atoms with Crippen molar-refractivity contribution in [3.63, 3.8) is 0 Å². The van der Waals surface area contributed by atoms with E-state index in [1.165, 1.54) is 14.2 Å². The molecule has 0 amide bonds. The number of carbonyl (C=O) groups excluding carboxylic acids is 3. The molecular formula is C15H16O6. The average Bonchev–Trinajstić information content (AvgIpc) is 3.35. The maximum atomic E-state index is 12.8. The molecule has 5 unspecified atom stereocenters. The highest BCUT2D eigenvalue weighted by Gasteiger charge is 3.02. The molecule has 1 spiro atoms. The Labute approximate surface area is 121 Å². The van der Waals surface area contributed by atoms with E-state index in [4.69, 9.17) is 14.2 Å². The van der Waals surface area contributed by atoms with Gasteiger partial charge in [0.15, 0.2) is 11.4 Å². The second kappa shape index (κ2) is 3.21. The summed E-state index contributed by atoms with van der Waals surface area (Å²) in [5.41, 5.74) is -1.62. The second-order valence-electron chi connectivity index (χ2n) is 6.38. The van der Waals surface area contributed by atoms with Crippen molar-refractivity contribution in [2.45, 2.75) is 19.4 Å². The van der Waals surface area contributed by atoms with Crippen molar-refractivity contribution in [2.75, 3.05) is 20.8 Å². The van der Waals surface area contributed by atoms with E-state index in [-0.39, 0.29) is 5.78 Å². The number of hydrogen-bond acceptors (Lipinski definition) is 6. The van der Waals surface area contributed by atoms with Gasteiger partial charge in [-0.15, -0.1) is 0 Å². The SMILES string of the molecule is COC(=O)C12C(C)=C(C)C3C4(CO4)C(=O)C1C32C(=O)OC. The molecule has 0 bridgehead atoms. The standard InChI is InChI=1S/C15H16O6/c1-6-7(2)14(11(17)19-3)9-10(16)13(5-21-13)8(6)15(9,14)12(18)20-4/h8-9H,5H2,1-4H3. The number of esters is 2. The first-order valence-electron chi connectivity index (χ1n) is 6.92. The highest BCUT2D eigenvalue weighted by molar-refractivity contribution is 6.17. The molecule has 1 aliphatic heterocycles. The number of ketones is 1. The highest BCUT2D eigenvalue weighted by Crippen LogP contribution is 2.89. The maximum absolute atomic E-state index is 12.8. The smallest absolute Gasteiger partial charge is 0.317 e. The van der Waals surface area contributed by atoms with Gasteiger partial charge in [-0.2, -0.15) is 0 Å². The number of epoxide rings is 1. The molecule has 1 saturated heterocycles. The van der Waals surface area contributed by atoms with Crippen LogP contribution in [-0.2, 0) is 28.6 Å². The number of ether oxygens (including phenoxy) is 3. The third kappa shape index (κ3) is 0.882. The molecule has 112 valence electrons. The van der Waals surface area contributed by atoms with Crippen molar-refractivity contribution in [3.05, 3.63) is 11.1 Å². The van der Waals surface area contributed by atoms with E-state index in [0.29, 0.717) is 6.61 Å². The molecule has 21 heavy (non-hydrogen) atoms. The van der Waals surface area contributed by atoms with E-state index in [2.05, 4.69) is 0 Å². The first-order valence-corrected chi connectivity index (χ1v) is 6.92. The van der Waals surface area contributed by atoms with Gasteiger partial charge >= 0.3 is 11.9 Å². The van der Waals surface area contributed by atoms with Crippen LogP contribution in [-0.4, -0.2) is 44.1 Å². The summed E-state index contributed by atoms with van der Waals surface area (Å²) in [5.74, 6) is -2.31. The first kappa shape index (κ1) is 13.0. The van der Waals surface area contributed by atoms with E-state index in [1.54, 1.807) is 6.92 Å². The van der Waals surface area contributed by atoms with E-state index in [9.17, 15) is 14.4 Å². The minimum Gasteiger partial charge on any atom is -0.469 e. The number of carbonyl (C=O) groups is 3. The van der Waals surface area contributed by atoms with Crippen molar-refractivity contribution in [3.8, 4) is 0 Å². The maximum Gasteiger partial charge on any atom is 0.317 e. The molecule has 4 aliphatic rings. The summed E-state index contributed by atoms with van der Waals surface area (Å²) in [4.78, 5) is 37.8. The van der Waals surface area contributed by atoms with Gasteiger partial charge in [-0.3, -0.25) is 14.4 Å². The van der Waals surface area contributed by atoms with Crippen LogP contribution in [0.15, 0.2) is 11.1 Å². The zero-order valence-electron chi connectivity index (χ0n) is 12.3. The van der Waals surface area contributed by atoms with Crippen molar-refractivity contribution in [1.82, 2.24) is 0 Å². The first-order chi connectivity index (χ1) is 9.88. The highest BCUT2D eigenvalue weighted by atomic mass is 16.6. The Morgan fingerprint density at radius 1 is 1.14 bits per heavy atom. The summed E-state index contributed by atoms with van der Waals surface area (Å²) in [5, 5.41) is 0. The molecule has 0 N–H and O–H groups in total. The van der Waals surface area contributed by atoms with Gasteiger partial charge in [0.2, 0.25) is 0 Å². The number of fused-ring (bicyclic) bond motifs is 2. The molecule has 6 nitrogen and oxygen atoms in total. The summed E-state index contributed by atoms with van der Waals surface area (Å²) in [6.45, 7) is 3.98. The normalized spacial score (nSPS) is 48.5. The summed E-state index contributed by atoms with van der Waals surface area (Å²) in [7, 11) is 2.56. The third-order valence-corrected chi connectivity index (χ3v) is 6.16. The molecule has 5 atom stereocenters. The predicted molar refractivity (Wildman–Crippen MR) is 67.9 cm³/mol. The lowest BCUT2D eigenvalue weighted by Gasteiger charge is -2.24. The van der Waals surface area contributed by atoms with E-state index >= 15 is 0 Å². The average molecular weight is 292 g/mol. The predicted octanol–water partition coefficient (Wildman–Crippen LogP) is 0.253. The van der Waals surface area contributed by atoms with Crippen LogP contribution in [0.3, 0.4) is 0 Å². The Balaban J connectivity index is 2.00. The fourth-order valence-electron chi connectivity index (χ4n) is 5.35. The van der Waals surface area contributed by atoms with E-state index in [1.807, 2.05) is 6.92 Å². The third-order valence-electron chi connectivity index (χ3n) is 6.16. The van der Waals surface area contributed by atoms with Crippen LogP contribution in [0.4, 0.5) is 0 Å². The van der Waals surface area contributed by atoms with Gasteiger partial charge < -0.3 is 14.2 Å². The lowest BCUT2D eigenvalue weighted by molar-refractivity contribution is -0.157. The lowest BCUT2D eigenvalue weighted by Crippen LogP contribution is -2.41. The molecule has 1 heterocycles. The van der Waals surface area contributed by atoms with Gasteiger partial charge in [-0.05, 0) is 13.8 Å². The molecule has 3 aliphatic carbocycles. The Morgan fingerprint density at radius 3 is 2.19 bits per heavy atom. The van der Waals surface area contributed by atoms with Crippen LogP contribution < -0.4 is 0 Å². The van der Waals surface area contributed by atoms with Crippen molar-refractivity contribution < 1.29 is 28.6 Å². The van der Waals surface area contributed by atoms with Crippen LogP contribution in [0.25, 0.3) is 0 Å². The van der Waals surface area contributed by atoms with Crippen LogP contribution in [0.2, 0.25) is 0 Å². The molecule has 0 aromatic carbocycles. The monoisotopic (exact) mass is 292 g/mol. The quantitative estimate of drug-likeness (QED) is 0.412. The van der Waals surface area contributed by atoms with Crippen LogP contribution in [0.1, 0.15) is 13.8 Å². The summed E-state index contributed by atoms with van der Waals surface area (Å²) < 4.78 is 15.4. The van der Waals surface area contributed by atoms with Crippen molar-refractivity contribution >= 4 is 17.7 Å². The number of hydrogen-bond donors (Lipinski definition) is 0. The van der Waals surface area contributed by atoms with Gasteiger partial charge in [-0.25, -0.2) is 0 Å². The fraction of sp³-hybridized carbons (Fsp3) is 0.667. The van der Waals surface area contributed by atoms with Crippen LogP contribution in [0, 0.1) is 22.7 Å². The number of rotatable bonds is 2. The van der Waals surface area contributed by atoms with Crippen LogP contribution in [0.5, 0.6) is 0 Å². The largest absolute Gasteiger partial charge is 0.469 e.